The lowest BCUT2D eigenvalue weighted by Crippen LogP contribution is -2.42. The Kier molecular flexibility index (Phi) is 5.41. The number of esters is 1. The van der Waals surface area contributed by atoms with Gasteiger partial charge in [-0.25, -0.2) is 0 Å². The Morgan fingerprint density at radius 2 is 2.15 bits per heavy atom. The molecule has 1 atom stereocenters. The number of fused-ring (bicyclic) bond motifs is 1. The average Bonchev–Trinajstić information content (AvgIpc) is 2.94. The van der Waals surface area contributed by atoms with Gasteiger partial charge < -0.3 is 14.8 Å². The summed E-state index contributed by atoms with van der Waals surface area (Å²) in [6.45, 7) is 3.13. The van der Waals surface area contributed by atoms with Gasteiger partial charge in [-0.3, -0.25) is 4.79 Å². The zero-order valence-electron chi connectivity index (χ0n) is 12.3. The summed E-state index contributed by atoms with van der Waals surface area (Å²) in [5.74, 6) is 0.553. The minimum Gasteiger partial charge on any atom is -0.491 e. The molecular formula is C16H23NO3. The van der Waals surface area contributed by atoms with E-state index in [4.69, 9.17) is 9.47 Å². The minimum absolute atomic E-state index is 0.278. The molecule has 2 rings (SSSR count). The average molecular weight is 277 g/mol. The number of methoxy groups -OCH3 is 1. The Labute approximate surface area is 120 Å². The third-order valence-electron chi connectivity index (χ3n) is 3.61. The number of ether oxygens (including phenoxy) is 2. The second-order valence-corrected chi connectivity index (χ2v) is 5.12. The summed E-state index contributed by atoms with van der Waals surface area (Å²) in [6, 6.07) is 5.80. The van der Waals surface area contributed by atoms with Crippen LogP contribution >= 0.6 is 0 Å². The maximum absolute atomic E-state index is 11.7. The Hall–Kier alpha value is -1.55. The van der Waals surface area contributed by atoms with Crippen molar-refractivity contribution < 1.29 is 14.3 Å². The summed E-state index contributed by atoms with van der Waals surface area (Å²) >= 11 is 0. The first kappa shape index (κ1) is 14.9. The van der Waals surface area contributed by atoms with Crippen molar-refractivity contribution in [2.45, 2.75) is 38.6 Å². The van der Waals surface area contributed by atoms with Gasteiger partial charge in [-0.15, -0.1) is 0 Å². The molecule has 0 heterocycles. The molecule has 0 radical (unpaired) electrons. The Balaban J connectivity index is 1.92. The fourth-order valence-corrected chi connectivity index (χ4v) is 2.49. The van der Waals surface area contributed by atoms with Crippen molar-refractivity contribution in [2.24, 2.45) is 0 Å². The molecule has 1 N–H and O–H groups in total. The van der Waals surface area contributed by atoms with Gasteiger partial charge in [-0.1, -0.05) is 13.0 Å². The highest BCUT2D eigenvalue weighted by atomic mass is 16.5. The van der Waals surface area contributed by atoms with E-state index < -0.39 is 6.04 Å². The zero-order valence-corrected chi connectivity index (χ0v) is 12.3. The van der Waals surface area contributed by atoms with Gasteiger partial charge in [-0.2, -0.15) is 0 Å². The normalized spacial score (nSPS) is 14.7. The highest BCUT2D eigenvalue weighted by Crippen LogP contribution is 2.26. The summed E-state index contributed by atoms with van der Waals surface area (Å²) in [7, 11) is 1.40. The van der Waals surface area contributed by atoms with Crippen molar-refractivity contribution in [3.8, 4) is 5.75 Å². The molecular weight excluding hydrogens is 254 g/mol. The SMILES string of the molecule is CCCNC(COc1ccc2c(c1)CCC2)C(=O)OC. The topological polar surface area (TPSA) is 47.6 Å². The second kappa shape index (κ2) is 7.29. The summed E-state index contributed by atoms with van der Waals surface area (Å²) < 4.78 is 10.5. The predicted molar refractivity (Wildman–Crippen MR) is 78.1 cm³/mol. The van der Waals surface area contributed by atoms with Gasteiger partial charge in [0.1, 0.15) is 18.4 Å². The molecule has 1 aliphatic rings. The van der Waals surface area contributed by atoms with E-state index in [1.807, 2.05) is 6.07 Å². The number of aryl methyl sites for hydroxylation is 2. The lowest BCUT2D eigenvalue weighted by Gasteiger charge is -2.17. The van der Waals surface area contributed by atoms with Gasteiger partial charge in [0.05, 0.1) is 7.11 Å². The second-order valence-electron chi connectivity index (χ2n) is 5.12. The molecule has 1 aliphatic carbocycles. The molecule has 20 heavy (non-hydrogen) atoms. The molecule has 4 heteroatoms. The van der Waals surface area contributed by atoms with Gasteiger partial charge in [0.2, 0.25) is 0 Å². The van der Waals surface area contributed by atoms with E-state index in [9.17, 15) is 4.79 Å². The molecule has 0 fully saturated rings. The van der Waals surface area contributed by atoms with Crippen LogP contribution in [0.2, 0.25) is 0 Å². The molecule has 0 aromatic heterocycles. The minimum atomic E-state index is -0.409. The highest BCUT2D eigenvalue weighted by Gasteiger charge is 2.19. The van der Waals surface area contributed by atoms with E-state index >= 15 is 0 Å². The number of rotatable bonds is 7. The van der Waals surface area contributed by atoms with Crippen LogP contribution in [0.15, 0.2) is 18.2 Å². The van der Waals surface area contributed by atoms with Crippen LogP contribution in [0.1, 0.15) is 30.9 Å². The van der Waals surface area contributed by atoms with Gasteiger partial charge in [0.15, 0.2) is 0 Å². The summed E-state index contributed by atoms with van der Waals surface area (Å²) in [6.07, 6.45) is 4.48. The van der Waals surface area contributed by atoms with Gasteiger partial charge in [0, 0.05) is 0 Å². The largest absolute Gasteiger partial charge is 0.491 e. The van der Waals surface area contributed by atoms with E-state index in [1.54, 1.807) is 0 Å². The number of carbonyl (C=O) groups is 1. The number of hydrogen-bond donors (Lipinski definition) is 1. The first-order chi connectivity index (χ1) is 9.74. The van der Waals surface area contributed by atoms with Gasteiger partial charge >= 0.3 is 5.97 Å². The molecule has 0 aliphatic heterocycles. The lowest BCUT2D eigenvalue weighted by molar-refractivity contribution is -0.143. The van der Waals surface area contributed by atoms with Crippen molar-refractivity contribution in [2.75, 3.05) is 20.3 Å². The van der Waals surface area contributed by atoms with E-state index in [1.165, 1.54) is 31.1 Å². The Morgan fingerprint density at radius 3 is 2.90 bits per heavy atom. The predicted octanol–water partition coefficient (Wildman–Crippen LogP) is 2.10. The molecule has 0 amide bonds. The number of nitrogens with one attached hydrogen (secondary N) is 1. The third kappa shape index (κ3) is 3.73. The van der Waals surface area contributed by atoms with Crippen LogP contribution < -0.4 is 10.1 Å². The van der Waals surface area contributed by atoms with Crippen LogP contribution in [-0.4, -0.2) is 32.3 Å². The van der Waals surface area contributed by atoms with E-state index in [-0.39, 0.29) is 5.97 Å². The van der Waals surface area contributed by atoms with Crippen molar-refractivity contribution in [1.29, 1.82) is 0 Å². The molecule has 0 spiro atoms. The van der Waals surface area contributed by atoms with E-state index in [2.05, 4.69) is 24.4 Å². The highest BCUT2D eigenvalue weighted by molar-refractivity contribution is 5.75. The van der Waals surface area contributed by atoms with E-state index in [0.29, 0.717) is 6.61 Å². The monoisotopic (exact) mass is 277 g/mol. The number of carbonyl (C=O) groups excluding carboxylic acids is 1. The molecule has 1 aromatic carbocycles. The maximum atomic E-state index is 11.7. The summed E-state index contributed by atoms with van der Waals surface area (Å²) in [5, 5.41) is 3.14. The molecule has 110 valence electrons. The Morgan fingerprint density at radius 1 is 1.35 bits per heavy atom. The van der Waals surface area contributed by atoms with Crippen LogP contribution in [0.4, 0.5) is 0 Å². The van der Waals surface area contributed by atoms with Gasteiger partial charge in [-0.05, 0) is 55.5 Å². The van der Waals surface area contributed by atoms with Crippen molar-refractivity contribution >= 4 is 5.97 Å². The first-order valence-electron chi connectivity index (χ1n) is 7.30. The Bertz CT molecular complexity index is 459. The van der Waals surface area contributed by atoms with Crippen LogP contribution in [0, 0.1) is 0 Å². The number of hydrogen-bond acceptors (Lipinski definition) is 4. The molecule has 0 saturated carbocycles. The molecule has 4 nitrogen and oxygen atoms in total. The fourth-order valence-electron chi connectivity index (χ4n) is 2.49. The van der Waals surface area contributed by atoms with Crippen molar-refractivity contribution in [1.82, 2.24) is 5.32 Å². The lowest BCUT2D eigenvalue weighted by atomic mass is 10.1. The standard InChI is InChI=1S/C16H23NO3/c1-3-9-17-15(16(18)19-2)11-20-14-8-7-12-5-4-6-13(12)10-14/h7-8,10,15,17H,3-6,9,11H2,1-2H3. The fraction of sp³-hybridized carbons (Fsp3) is 0.562. The van der Waals surface area contributed by atoms with Crippen LogP contribution in [0.25, 0.3) is 0 Å². The molecule has 0 bridgehead atoms. The number of benzene rings is 1. The first-order valence-corrected chi connectivity index (χ1v) is 7.30. The maximum Gasteiger partial charge on any atom is 0.326 e. The molecule has 1 unspecified atom stereocenters. The van der Waals surface area contributed by atoms with E-state index in [0.717, 1.165) is 25.1 Å². The molecule has 0 saturated heterocycles. The third-order valence-corrected chi connectivity index (χ3v) is 3.61. The zero-order chi connectivity index (χ0) is 14.4. The van der Waals surface area contributed by atoms with Crippen molar-refractivity contribution in [3.05, 3.63) is 29.3 Å². The quantitative estimate of drug-likeness (QED) is 0.775. The smallest absolute Gasteiger partial charge is 0.326 e. The summed E-state index contributed by atoms with van der Waals surface area (Å²) in [4.78, 5) is 11.7. The van der Waals surface area contributed by atoms with Crippen LogP contribution in [0.3, 0.4) is 0 Å². The van der Waals surface area contributed by atoms with Crippen LogP contribution in [-0.2, 0) is 22.4 Å². The summed E-state index contributed by atoms with van der Waals surface area (Å²) in [5.41, 5.74) is 2.80. The molecule has 1 aromatic rings. The van der Waals surface area contributed by atoms with Gasteiger partial charge in [0.25, 0.3) is 0 Å². The van der Waals surface area contributed by atoms with Crippen LogP contribution in [0.5, 0.6) is 5.75 Å². The van der Waals surface area contributed by atoms with Crippen molar-refractivity contribution in [3.63, 3.8) is 0 Å².